The lowest BCUT2D eigenvalue weighted by atomic mass is 10.1. The molecule has 0 fully saturated rings. The molecular weight excluding hydrogens is 387 g/mol. The van der Waals surface area contributed by atoms with Crippen molar-refractivity contribution in [1.82, 2.24) is 14.9 Å². The highest BCUT2D eigenvalue weighted by Crippen LogP contribution is 2.30. The van der Waals surface area contributed by atoms with Gasteiger partial charge in [-0.2, -0.15) is 13.2 Å². The van der Waals surface area contributed by atoms with Gasteiger partial charge >= 0.3 is 6.18 Å². The lowest BCUT2D eigenvalue weighted by Crippen LogP contribution is -2.32. The Morgan fingerprint density at radius 2 is 2.04 bits per heavy atom. The zero-order valence-corrected chi connectivity index (χ0v) is 15.7. The summed E-state index contributed by atoms with van der Waals surface area (Å²) >= 11 is 1.15. The largest absolute Gasteiger partial charge is 0.417 e. The molecule has 1 aliphatic rings. The summed E-state index contributed by atoms with van der Waals surface area (Å²) in [5, 5.41) is 1.61. The van der Waals surface area contributed by atoms with Gasteiger partial charge in [-0.05, 0) is 36.6 Å². The number of hydrogen-bond acceptors (Lipinski definition) is 3. The Morgan fingerprint density at radius 3 is 2.79 bits per heavy atom. The monoisotopic (exact) mass is 405 g/mol. The highest BCUT2D eigenvalue weighted by Gasteiger charge is 2.30. The number of rotatable bonds is 3. The highest BCUT2D eigenvalue weighted by atomic mass is 32.2. The van der Waals surface area contributed by atoms with Crippen molar-refractivity contribution in [1.29, 1.82) is 0 Å². The SMILES string of the molecule is O=C(CSc1ccc(C(F)(F)F)cn1)N1CCCc2c([nH]c3ccccc23)C1. The van der Waals surface area contributed by atoms with Gasteiger partial charge < -0.3 is 9.88 Å². The molecule has 0 saturated heterocycles. The fourth-order valence-electron chi connectivity index (χ4n) is 3.47. The predicted molar refractivity (Wildman–Crippen MR) is 102 cm³/mol. The third-order valence-corrected chi connectivity index (χ3v) is 5.79. The number of amides is 1. The summed E-state index contributed by atoms with van der Waals surface area (Å²) in [6, 6.07) is 10.4. The normalized spacial score (nSPS) is 14.8. The average Bonchev–Trinajstić information content (AvgIpc) is 2.88. The summed E-state index contributed by atoms with van der Waals surface area (Å²) < 4.78 is 37.8. The fourth-order valence-corrected chi connectivity index (χ4v) is 4.21. The molecular formula is C20H18F3N3OS. The number of para-hydroxylation sites is 1. The molecule has 3 heterocycles. The third-order valence-electron chi connectivity index (χ3n) is 4.87. The minimum atomic E-state index is -4.41. The van der Waals surface area contributed by atoms with E-state index in [-0.39, 0.29) is 11.7 Å². The molecule has 0 radical (unpaired) electrons. The van der Waals surface area contributed by atoms with E-state index in [1.165, 1.54) is 17.0 Å². The van der Waals surface area contributed by atoms with Gasteiger partial charge in [0.25, 0.3) is 0 Å². The molecule has 146 valence electrons. The van der Waals surface area contributed by atoms with Crippen molar-refractivity contribution in [3.8, 4) is 0 Å². The van der Waals surface area contributed by atoms with E-state index in [1.807, 2.05) is 18.2 Å². The number of aromatic nitrogens is 2. The Morgan fingerprint density at radius 1 is 1.21 bits per heavy atom. The number of nitrogens with zero attached hydrogens (tertiary/aromatic N) is 2. The summed E-state index contributed by atoms with van der Waals surface area (Å²) in [7, 11) is 0. The van der Waals surface area contributed by atoms with Crippen LogP contribution in [0.15, 0.2) is 47.6 Å². The molecule has 1 aromatic carbocycles. The zero-order valence-electron chi connectivity index (χ0n) is 14.9. The third kappa shape index (κ3) is 3.87. The molecule has 4 rings (SSSR count). The molecule has 1 aliphatic heterocycles. The maximum atomic E-state index is 12.7. The molecule has 0 atom stereocenters. The Hall–Kier alpha value is -2.48. The summed E-state index contributed by atoms with van der Waals surface area (Å²) in [4.78, 5) is 21.7. The Bertz CT molecular complexity index is 998. The smallest absolute Gasteiger partial charge is 0.357 e. The number of thioether (sulfide) groups is 1. The number of carbonyl (C=O) groups excluding carboxylic acids is 1. The molecule has 8 heteroatoms. The lowest BCUT2D eigenvalue weighted by molar-refractivity contribution is -0.138. The summed E-state index contributed by atoms with van der Waals surface area (Å²) in [6.07, 6.45) is -1.81. The Kier molecular flexibility index (Phi) is 5.05. The highest BCUT2D eigenvalue weighted by molar-refractivity contribution is 7.99. The standard InChI is InChI=1S/C20H18F3N3OS/c21-20(22,23)13-7-8-18(24-10-13)28-12-19(27)26-9-3-5-15-14-4-1-2-6-16(14)25-17(15)11-26/h1-2,4,6-8,10,25H,3,5,9,11-12H2. The van der Waals surface area contributed by atoms with Crippen LogP contribution in [0, 0.1) is 0 Å². The van der Waals surface area contributed by atoms with Crippen LogP contribution in [0.5, 0.6) is 0 Å². The van der Waals surface area contributed by atoms with E-state index < -0.39 is 11.7 Å². The van der Waals surface area contributed by atoms with Gasteiger partial charge in [0.15, 0.2) is 0 Å². The molecule has 28 heavy (non-hydrogen) atoms. The van der Waals surface area contributed by atoms with Gasteiger partial charge in [-0.15, -0.1) is 0 Å². The van der Waals surface area contributed by atoms with Crippen LogP contribution >= 0.6 is 11.8 Å². The van der Waals surface area contributed by atoms with Crippen LogP contribution in [0.25, 0.3) is 10.9 Å². The molecule has 2 aromatic heterocycles. The van der Waals surface area contributed by atoms with E-state index in [1.54, 1.807) is 4.90 Å². The molecule has 1 amide bonds. The first-order valence-electron chi connectivity index (χ1n) is 8.94. The summed E-state index contributed by atoms with van der Waals surface area (Å²) in [5.41, 5.74) is 2.61. The van der Waals surface area contributed by atoms with E-state index in [9.17, 15) is 18.0 Å². The molecule has 0 unspecified atom stereocenters. The number of aromatic amines is 1. The second-order valence-corrected chi connectivity index (χ2v) is 7.71. The van der Waals surface area contributed by atoms with Crippen LogP contribution in [0.2, 0.25) is 0 Å². The van der Waals surface area contributed by atoms with E-state index in [4.69, 9.17) is 0 Å². The number of H-pyrrole nitrogens is 1. The topological polar surface area (TPSA) is 49.0 Å². The number of aryl methyl sites for hydroxylation is 1. The van der Waals surface area contributed by atoms with Crippen LogP contribution in [-0.4, -0.2) is 33.1 Å². The average molecular weight is 405 g/mol. The van der Waals surface area contributed by atoms with Crippen molar-refractivity contribution < 1.29 is 18.0 Å². The number of fused-ring (bicyclic) bond motifs is 3. The quantitative estimate of drug-likeness (QED) is 0.646. The van der Waals surface area contributed by atoms with E-state index in [0.717, 1.165) is 48.1 Å². The van der Waals surface area contributed by atoms with E-state index in [0.29, 0.717) is 18.1 Å². The zero-order chi connectivity index (χ0) is 19.7. The van der Waals surface area contributed by atoms with Crippen molar-refractivity contribution in [2.75, 3.05) is 12.3 Å². The number of benzene rings is 1. The second kappa shape index (κ2) is 7.50. The minimum absolute atomic E-state index is 0.0433. The number of pyridine rings is 1. The van der Waals surface area contributed by atoms with E-state index >= 15 is 0 Å². The fraction of sp³-hybridized carbons (Fsp3) is 0.300. The molecule has 0 bridgehead atoms. The van der Waals surface area contributed by atoms with Crippen LogP contribution in [0.3, 0.4) is 0 Å². The minimum Gasteiger partial charge on any atom is -0.357 e. The summed E-state index contributed by atoms with van der Waals surface area (Å²) in [5.74, 6) is 0.103. The second-order valence-electron chi connectivity index (χ2n) is 6.72. The van der Waals surface area contributed by atoms with Crippen LogP contribution in [0.1, 0.15) is 23.2 Å². The maximum absolute atomic E-state index is 12.7. The molecule has 4 nitrogen and oxygen atoms in total. The van der Waals surface area contributed by atoms with Gasteiger partial charge in [0, 0.05) is 29.3 Å². The van der Waals surface area contributed by atoms with Gasteiger partial charge in [0.1, 0.15) is 0 Å². The summed E-state index contributed by atoms with van der Waals surface area (Å²) in [6.45, 7) is 1.18. The van der Waals surface area contributed by atoms with Gasteiger partial charge in [0.2, 0.25) is 5.91 Å². The van der Waals surface area contributed by atoms with Gasteiger partial charge in [-0.1, -0.05) is 30.0 Å². The van der Waals surface area contributed by atoms with Gasteiger partial charge in [0.05, 0.1) is 22.9 Å². The molecule has 1 N–H and O–H groups in total. The van der Waals surface area contributed by atoms with Crippen molar-refractivity contribution in [3.63, 3.8) is 0 Å². The Balaban J connectivity index is 1.42. The van der Waals surface area contributed by atoms with E-state index in [2.05, 4.69) is 16.0 Å². The first kappa shape index (κ1) is 18.9. The number of halogens is 3. The van der Waals surface area contributed by atoms with Crippen molar-refractivity contribution in [2.24, 2.45) is 0 Å². The molecule has 0 spiro atoms. The predicted octanol–water partition coefficient (Wildman–Crippen LogP) is 4.65. The number of alkyl halides is 3. The molecule has 3 aromatic rings. The van der Waals surface area contributed by atoms with Crippen molar-refractivity contribution >= 4 is 28.6 Å². The van der Waals surface area contributed by atoms with Crippen LogP contribution in [0.4, 0.5) is 13.2 Å². The maximum Gasteiger partial charge on any atom is 0.417 e. The van der Waals surface area contributed by atoms with Gasteiger partial charge in [-0.25, -0.2) is 4.98 Å². The molecule has 0 aliphatic carbocycles. The van der Waals surface area contributed by atoms with Crippen molar-refractivity contribution in [2.45, 2.75) is 30.6 Å². The number of carbonyl (C=O) groups is 1. The first-order valence-corrected chi connectivity index (χ1v) is 9.92. The van der Waals surface area contributed by atoms with Crippen LogP contribution < -0.4 is 0 Å². The number of nitrogens with one attached hydrogen (secondary N) is 1. The number of hydrogen-bond donors (Lipinski definition) is 1. The lowest BCUT2D eigenvalue weighted by Gasteiger charge is -2.20. The first-order chi connectivity index (χ1) is 13.4. The van der Waals surface area contributed by atoms with Crippen molar-refractivity contribution in [3.05, 3.63) is 59.4 Å². The molecule has 0 saturated carbocycles. The van der Waals surface area contributed by atoms with Gasteiger partial charge in [-0.3, -0.25) is 4.79 Å². The Labute approximate surface area is 164 Å². The van der Waals surface area contributed by atoms with Crippen LogP contribution in [-0.2, 0) is 23.9 Å².